The van der Waals surface area contributed by atoms with E-state index in [0.29, 0.717) is 0 Å². The Hall–Kier alpha value is 0.628. The molecule has 2 fully saturated rings. The minimum Gasteiger partial charge on any atom is -0.534 e. The van der Waals surface area contributed by atoms with Gasteiger partial charge in [-0.25, -0.2) is 0 Å². The molecule has 0 radical (unpaired) electrons. The molecule has 0 aromatic carbocycles. The van der Waals surface area contributed by atoms with Gasteiger partial charge < -0.3 is 17.0 Å². The average Bonchev–Trinajstić information content (AvgIpc) is 3.09. The fraction of sp³-hybridized carbons (Fsp3) is 0.800. The molecule has 2 aliphatic rings. The predicted octanol–water partition coefficient (Wildman–Crippen LogP) is 7.36. The molecule has 0 bridgehead atoms. The van der Waals surface area contributed by atoms with E-state index in [-0.39, 0.29) is 21.7 Å². The zero-order valence-electron chi connectivity index (χ0n) is 16.8. The van der Waals surface area contributed by atoms with Crippen molar-refractivity contribution in [2.45, 2.75) is 103 Å². The molecule has 3 heteroatoms. The van der Waals surface area contributed by atoms with Crippen LogP contribution in [-0.2, 0) is 21.7 Å². The van der Waals surface area contributed by atoms with Crippen LogP contribution in [0.15, 0.2) is 11.8 Å². The Balaban J connectivity index is 0. The Kier molecular flexibility index (Phi) is 15.6. The number of hydrogen-bond acceptors (Lipinski definition) is 0. The molecule has 0 aliphatic heterocycles. The third kappa shape index (κ3) is 17.2. The van der Waals surface area contributed by atoms with Crippen LogP contribution in [0.1, 0.15) is 64.2 Å². The second-order valence-electron chi connectivity index (χ2n) is 8.71. The summed E-state index contributed by atoms with van der Waals surface area (Å²) in [7, 11) is -2.44. The van der Waals surface area contributed by atoms with E-state index in [4.69, 9.17) is 0 Å². The van der Waals surface area contributed by atoms with E-state index < -0.39 is 16.1 Å². The van der Waals surface area contributed by atoms with Crippen LogP contribution in [0.3, 0.4) is 0 Å². The molecule has 0 atom stereocenters. The molecule has 2 saturated carbocycles. The molecule has 0 unspecified atom stereocenters. The van der Waals surface area contributed by atoms with Crippen LogP contribution in [0, 0.1) is 11.8 Å². The van der Waals surface area contributed by atoms with Gasteiger partial charge in [0.15, 0.2) is 0 Å². The Morgan fingerprint density at radius 3 is 1.00 bits per heavy atom. The van der Waals surface area contributed by atoms with E-state index in [1.807, 2.05) is 0 Å². The van der Waals surface area contributed by atoms with Gasteiger partial charge in [0, 0.05) is 8.07 Å². The first-order chi connectivity index (χ1) is 10.2. The summed E-state index contributed by atoms with van der Waals surface area (Å²) >= 11 is 0. The smallest absolute Gasteiger partial charge is 0.534 e. The summed E-state index contributed by atoms with van der Waals surface area (Å²) in [5.74, 6) is 0. The quantitative estimate of drug-likeness (QED) is 0.271. The fourth-order valence-electron chi connectivity index (χ4n) is 2.64. The molecule has 2 rings (SSSR count). The van der Waals surface area contributed by atoms with Crippen molar-refractivity contribution < 1.29 is 21.7 Å². The van der Waals surface area contributed by atoms with Crippen molar-refractivity contribution in [2.24, 2.45) is 0 Å². The zero-order chi connectivity index (χ0) is 17.1. The van der Waals surface area contributed by atoms with Crippen molar-refractivity contribution >= 4 is 16.1 Å². The molecule has 23 heavy (non-hydrogen) atoms. The summed E-state index contributed by atoms with van der Waals surface area (Å²) in [5, 5.41) is 1.28. The monoisotopic (exact) mass is 384 g/mol. The maximum Gasteiger partial charge on any atom is 4.00 e. The average molecular weight is 385 g/mol. The largest absolute Gasteiger partial charge is 4.00 e. The van der Waals surface area contributed by atoms with Gasteiger partial charge in [0.2, 0.25) is 0 Å². The van der Waals surface area contributed by atoms with E-state index in [1.165, 1.54) is 69.4 Å². The summed E-state index contributed by atoms with van der Waals surface area (Å²) < 4.78 is 0. The molecule has 130 valence electrons. The summed E-state index contributed by atoms with van der Waals surface area (Å²) in [6, 6.07) is 0. The van der Waals surface area contributed by atoms with Gasteiger partial charge in [-0.3, -0.25) is 6.58 Å². The van der Waals surface area contributed by atoms with Gasteiger partial charge >= 0.3 is 21.7 Å². The van der Waals surface area contributed by atoms with Crippen LogP contribution < -0.4 is 0 Å². The molecule has 0 heterocycles. The molecule has 0 aromatic rings. The SMILES string of the molecule is C1CCCC1.C1CCCC1.C=[C-]C(=[C-][Si](C)(C)C)[Si](C)(C)C.[Ti+4]. The van der Waals surface area contributed by atoms with Crippen molar-refractivity contribution in [3.63, 3.8) is 0 Å². The maximum atomic E-state index is 3.74. The normalized spacial score (nSPS) is 18.1. The minimum atomic E-state index is -1.23. The first-order valence-corrected chi connectivity index (χ1v) is 16.4. The predicted molar refractivity (Wildman–Crippen MR) is 108 cm³/mol. The summed E-state index contributed by atoms with van der Waals surface area (Å²) in [5.41, 5.74) is 3.59. The Morgan fingerprint density at radius 1 is 0.652 bits per heavy atom. The van der Waals surface area contributed by atoms with Gasteiger partial charge in [-0.15, -0.1) is 8.07 Å². The van der Waals surface area contributed by atoms with Crippen molar-refractivity contribution in [1.82, 2.24) is 0 Å². The van der Waals surface area contributed by atoms with Crippen molar-refractivity contribution in [2.75, 3.05) is 0 Å². The van der Waals surface area contributed by atoms with Crippen LogP contribution >= 0.6 is 0 Å². The standard InChI is InChI=1S/C10H20Si2.2C5H10.Ti/c1-8-10(12(5,6)7)9-11(2,3)4;2*1-2-4-5-3-1;/h1H2,2-7H3;2*1-5H2;/q-2;;;+4. The molecule has 0 aromatic heterocycles. The van der Waals surface area contributed by atoms with Crippen LogP contribution in [0.2, 0.25) is 39.3 Å². The molecule has 0 amide bonds. The summed E-state index contributed by atoms with van der Waals surface area (Å²) in [6.45, 7) is 17.6. The van der Waals surface area contributed by atoms with Crippen LogP contribution in [0.25, 0.3) is 0 Å². The van der Waals surface area contributed by atoms with E-state index in [9.17, 15) is 0 Å². The Morgan fingerprint density at radius 2 is 0.913 bits per heavy atom. The van der Waals surface area contributed by atoms with Gasteiger partial charge in [0.1, 0.15) is 0 Å². The topological polar surface area (TPSA) is 0 Å². The molecule has 2 aliphatic carbocycles. The molecule has 0 spiro atoms. The first-order valence-electron chi connectivity index (χ1n) is 9.35. The van der Waals surface area contributed by atoms with Gasteiger partial charge in [-0.05, 0) is 0 Å². The second-order valence-corrected chi connectivity index (χ2v) is 18.5. The second kappa shape index (κ2) is 13.9. The maximum absolute atomic E-state index is 3.74. The van der Waals surface area contributed by atoms with Gasteiger partial charge in [0.05, 0.1) is 0 Å². The van der Waals surface area contributed by atoms with E-state index in [0.717, 1.165) is 0 Å². The fourth-order valence-corrected chi connectivity index (χ4v) is 6.63. The number of rotatable bonds is 3. The molecular formula is C20H40Si2Ti+2. The van der Waals surface area contributed by atoms with Crippen LogP contribution in [0.5, 0.6) is 0 Å². The summed E-state index contributed by atoms with van der Waals surface area (Å²) in [6.07, 6.45) is 18.1. The van der Waals surface area contributed by atoms with Crippen LogP contribution in [-0.4, -0.2) is 16.1 Å². The van der Waals surface area contributed by atoms with Crippen molar-refractivity contribution in [3.05, 3.63) is 23.6 Å². The third-order valence-electron chi connectivity index (χ3n) is 3.93. The zero-order valence-corrected chi connectivity index (χ0v) is 20.3. The van der Waals surface area contributed by atoms with E-state index >= 15 is 0 Å². The number of allylic oxidation sites excluding steroid dienone is 2. The third-order valence-corrected chi connectivity index (χ3v) is 6.98. The van der Waals surface area contributed by atoms with Gasteiger partial charge in [-0.2, -0.15) is 0 Å². The summed E-state index contributed by atoms with van der Waals surface area (Å²) in [4.78, 5) is 0. The van der Waals surface area contributed by atoms with E-state index in [1.54, 1.807) is 0 Å². The molecular weight excluding hydrogens is 344 g/mol. The Bertz CT molecular complexity index is 288. The van der Waals surface area contributed by atoms with E-state index in [2.05, 4.69) is 57.6 Å². The minimum absolute atomic E-state index is 0. The molecule has 0 nitrogen and oxygen atoms in total. The van der Waals surface area contributed by atoms with Crippen molar-refractivity contribution in [1.29, 1.82) is 0 Å². The molecule has 0 N–H and O–H groups in total. The van der Waals surface area contributed by atoms with Crippen LogP contribution in [0.4, 0.5) is 0 Å². The van der Waals surface area contributed by atoms with Gasteiger partial charge in [0.25, 0.3) is 0 Å². The van der Waals surface area contributed by atoms with Crippen molar-refractivity contribution in [3.8, 4) is 0 Å². The molecule has 0 saturated heterocycles. The van der Waals surface area contributed by atoms with Gasteiger partial charge in [-0.1, -0.05) is 103 Å². The number of hydrogen-bond donors (Lipinski definition) is 0. The Labute approximate surface area is 164 Å². The first kappa shape index (κ1) is 25.9.